The van der Waals surface area contributed by atoms with E-state index in [9.17, 15) is 22.4 Å². The van der Waals surface area contributed by atoms with Crippen molar-refractivity contribution in [1.29, 1.82) is 0 Å². The van der Waals surface area contributed by atoms with E-state index in [1.165, 1.54) is 12.1 Å². The molecule has 2 aromatic carbocycles. The van der Waals surface area contributed by atoms with Crippen molar-refractivity contribution in [2.45, 2.75) is 18.2 Å². The highest BCUT2D eigenvalue weighted by molar-refractivity contribution is 7.92. The average Bonchev–Trinajstić information content (AvgIpc) is 2.62. The van der Waals surface area contributed by atoms with E-state index in [4.69, 9.17) is 4.74 Å². The van der Waals surface area contributed by atoms with Crippen LogP contribution in [0.25, 0.3) is 0 Å². The Morgan fingerprint density at radius 1 is 1.07 bits per heavy atom. The molecule has 27 heavy (non-hydrogen) atoms. The van der Waals surface area contributed by atoms with Crippen molar-refractivity contribution in [2.75, 3.05) is 17.9 Å². The Hall–Kier alpha value is -2.94. The first-order valence-corrected chi connectivity index (χ1v) is 9.63. The molecule has 0 unspecified atom stereocenters. The van der Waals surface area contributed by atoms with Gasteiger partial charge < -0.3 is 10.1 Å². The van der Waals surface area contributed by atoms with Crippen LogP contribution < -0.4 is 10.0 Å². The van der Waals surface area contributed by atoms with Crippen LogP contribution in [0.15, 0.2) is 53.4 Å². The van der Waals surface area contributed by atoms with Gasteiger partial charge in [-0.25, -0.2) is 12.8 Å². The van der Waals surface area contributed by atoms with Crippen molar-refractivity contribution in [2.24, 2.45) is 0 Å². The molecule has 2 N–H and O–H groups in total. The number of para-hydroxylation sites is 1. The topological polar surface area (TPSA) is 102 Å². The second-order valence-electron chi connectivity index (χ2n) is 5.42. The van der Waals surface area contributed by atoms with E-state index in [0.29, 0.717) is 0 Å². The van der Waals surface area contributed by atoms with Crippen molar-refractivity contribution in [1.82, 2.24) is 5.32 Å². The first-order chi connectivity index (χ1) is 12.8. The Kier molecular flexibility index (Phi) is 6.89. The first kappa shape index (κ1) is 20.4. The fourth-order valence-electron chi connectivity index (χ4n) is 2.19. The Bertz CT molecular complexity index is 914. The van der Waals surface area contributed by atoms with Crippen molar-refractivity contribution in [3.63, 3.8) is 0 Å². The maximum Gasteiger partial charge on any atom is 0.307 e. The fraction of sp³-hybridized carbons (Fsp3) is 0.222. The molecule has 0 aliphatic rings. The van der Waals surface area contributed by atoms with Gasteiger partial charge >= 0.3 is 5.97 Å². The van der Waals surface area contributed by atoms with Crippen LogP contribution in [0.5, 0.6) is 0 Å². The molecule has 0 spiro atoms. The molecule has 144 valence electrons. The number of benzene rings is 2. The number of carbonyl (C=O) groups is 2. The van der Waals surface area contributed by atoms with Gasteiger partial charge in [0.05, 0.1) is 29.2 Å². The van der Waals surface area contributed by atoms with Gasteiger partial charge in [0.25, 0.3) is 15.9 Å². The number of hydrogen-bond donors (Lipinski definition) is 2. The Morgan fingerprint density at radius 2 is 1.74 bits per heavy atom. The predicted molar refractivity (Wildman–Crippen MR) is 97.2 cm³/mol. The molecule has 9 heteroatoms. The molecule has 0 saturated carbocycles. The smallest absolute Gasteiger partial charge is 0.307 e. The number of ether oxygens (including phenoxy) is 1. The second-order valence-corrected chi connectivity index (χ2v) is 7.10. The van der Waals surface area contributed by atoms with E-state index in [0.717, 1.165) is 24.3 Å². The molecule has 0 aliphatic heterocycles. The quantitative estimate of drug-likeness (QED) is 0.669. The van der Waals surface area contributed by atoms with Crippen molar-refractivity contribution in [3.05, 3.63) is 59.9 Å². The third-order valence-corrected chi connectivity index (χ3v) is 4.84. The van der Waals surface area contributed by atoms with Gasteiger partial charge in [0.2, 0.25) is 0 Å². The molecule has 0 aromatic heterocycles. The van der Waals surface area contributed by atoms with Gasteiger partial charge in [-0.1, -0.05) is 12.1 Å². The van der Waals surface area contributed by atoms with Crippen LogP contribution in [-0.4, -0.2) is 33.4 Å². The van der Waals surface area contributed by atoms with E-state index in [-0.39, 0.29) is 35.7 Å². The SMILES string of the molecule is CCOC(=O)CCNC(=O)c1ccccc1NS(=O)(=O)c1ccc(F)cc1. The molecular formula is C18H19FN2O5S. The minimum absolute atomic E-state index is 0.00303. The zero-order chi connectivity index (χ0) is 19.9. The summed E-state index contributed by atoms with van der Waals surface area (Å²) in [7, 11) is -4.00. The van der Waals surface area contributed by atoms with Crippen molar-refractivity contribution < 1.29 is 27.1 Å². The number of nitrogens with one attached hydrogen (secondary N) is 2. The summed E-state index contributed by atoms with van der Waals surface area (Å²) in [5, 5.41) is 2.54. The fourth-order valence-corrected chi connectivity index (χ4v) is 3.27. The number of carbonyl (C=O) groups excluding carboxylic acids is 2. The lowest BCUT2D eigenvalue weighted by Gasteiger charge is -2.13. The minimum Gasteiger partial charge on any atom is -0.466 e. The standard InChI is InChI=1S/C18H19FN2O5S/c1-2-26-17(22)11-12-20-18(23)15-5-3-4-6-16(15)21-27(24,25)14-9-7-13(19)8-10-14/h3-10,21H,2,11-12H2,1H3,(H,20,23). The molecule has 7 nitrogen and oxygen atoms in total. The van der Waals surface area contributed by atoms with Gasteiger partial charge in [0.15, 0.2) is 0 Å². The van der Waals surface area contributed by atoms with E-state index in [1.54, 1.807) is 19.1 Å². The van der Waals surface area contributed by atoms with E-state index in [2.05, 4.69) is 10.0 Å². The number of hydrogen-bond acceptors (Lipinski definition) is 5. The second kappa shape index (κ2) is 9.13. The third kappa shape index (κ3) is 5.78. The summed E-state index contributed by atoms with van der Waals surface area (Å²) in [6, 6.07) is 10.3. The Labute approximate surface area is 156 Å². The van der Waals surface area contributed by atoms with Crippen LogP contribution in [0.4, 0.5) is 10.1 Å². The van der Waals surface area contributed by atoms with Crippen LogP contribution in [0.1, 0.15) is 23.7 Å². The average molecular weight is 394 g/mol. The largest absolute Gasteiger partial charge is 0.466 e. The van der Waals surface area contributed by atoms with E-state index >= 15 is 0 Å². The number of amides is 1. The molecule has 0 bridgehead atoms. The molecule has 0 heterocycles. The lowest BCUT2D eigenvalue weighted by Crippen LogP contribution is -2.27. The first-order valence-electron chi connectivity index (χ1n) is 8.14. The van der Waals surface area contributed by atoms with Crippen molar-refractivity contribution in [3.8, 4) is 0 Å². The molecule has 0 aliphatic carbocycles. The predicted octanol–water partition coefficient (Wildman–Crippen LogP) is 2.31. The maximum absolute atomic E-state index is 13.0. The van der Waals surface area contributed by atoms with Crippen LogP contribution in [0.2, 0.25) is 0 Å². The molecule has 2 aromatic rings. The van der Waals surface area contributed by atoms with Gasteiger partial charge in [0.1, 0.15) is 5.82 Å². The van der Waals surface area contributed by atoms with E-state index < -0.39 is 27.7 Å². The van der Waals surface area contributed by atoms with Gasteiger partial charge in [0, 0.05) is 6.54 Å². The summed E-state index contributed by atoms with van der Waals surface area (Å²) in [6.07, 6.45) is 0.00303. The molecular weight excluding hydrogens is 375 g/mol. The summed E-state index contributed by atoms with van der Waals surface area (Å²) in [5.41, 5.74) is 0.155. The molecule has 0 radical (unpaired) electrons. The lowest BCUT2D eigenvalue weighted by molar-refractivity contribution is -0.142. The molecule has 0 fully saturated rings. The Morgan fingerprint density at radius 3 is 2.41 bits per heavy atom. The molecule has 2 rings (SSSR count). The molecule has 0 saturated heterocycles. The van der Waals surface area contributed by atoms with Crippen LogP contribution in [0.3, 0.4) is 0 Å². The number of halogens is 1. The summed E-state index contributed by atoms with van der Waals surface area (Å²) in [6.45, 7) is 1.98. The summed E-state index contributed by atoms with van der Waals surface area (Å²) >= 11 is 0. The summed E-state index contributed by atoms with van der Waals surface area (Å²) in [4.78, 5) is 23.5. The summed E-state index contributed by atoms with van der Waals surface area (Å²) in [5.74, 6) is -1.55. The van der Waals surface area contributed by atoms with Crippen LogP contribution in [0, 0.1) is 5.82 Å². The number of esters is 1. The van der Waals surface area contributed by atoms with E-state index in [1.807, 2.05) is 0 Å². The number of rotatable bonds is 8. The van der Waals surface area contributed by atoms with Crippen LogP contribution >= 0.6 is 0 Å². The minimum atomic E-state index is -4.00. The highest BCUT2D eigenvalue weighted by atomic mass is 32.2. The zero-order valence-corrected chi connectivity index (χ0v) is 15.4. The number of sulfonamides is 1. The summed E-state index contributed by atoms with van der Waals surface area (Å²) < 4.78 is 45.0. The van der Waals surface area contributed by atoms with Gasteiger partial charge in [-0.3, -0.25) is 14.3 Å². The monoisotopic (exact) mass is 394 g/mol. The molecule has 0 atom stereocenters. The normalized spacial score (nSPS) is 10.9. The third-order valence-electron chi connectivity index (χ3n) is 3.46. The lowest BCUT2D eigenvalue weighted by atomic mass is 10.1. The maximum atomic E-state index is 13.0. The van der Waals surface area contributed by atoms with Crippen molar-refractivity contribution >= 4 is 27.6 Å². The number of anilines is 1. The van der Waals surface area contributed by atoms with Gasteiger partial charge in [-0.2, -0.15) is 0 Å². The zero-order valence-electron chi connectivity index (χ0n) is 14.6. The van der Waals surface area contributed by atoms with Gasteiger partial charge in [-0.05, 0) is 43.3 Å². The van der Waals surface area contributed by atoms with Gasteiger partial charge in [-0.15, -0.1) is 0 Å². The Balaban J connectivity index is 2.11. The highest BCUT2D eigenvalue weighted by Crippen LogP contribution is 2.20. The highest BCUT2D eigenvalue weighted by Gasteiger charge is 2.18. The van der Waals surface area contributed by atoms with Crippen LogP contribution in [-0.2, 0) is 19.6 Å². The molecule has 1 amide bonds.